The molecule has 6 nitrogen and oxygen atoms in total. The summed E-state index contributed by atoms with van der Waals surface area (Å²) >= 11 is 1.60. The number of ether oxygens (including phenoxy) is 1. The molecule has 1 atom stereocenters. The Bertz CT molecular complexity index is 668. The zero-order chi connectivity index (χ0) is 16.8. The number of carbonyl (C=O) groups is 1. The number of rotatable bonds is 6. The predicted molar refractivity (Wildman–Crippen MR) is 95.6 cm³/mol. The zero-order valence-corrected chi connectivity index (χ0v) is 14.6. The van der Waals surface area contributed by atoms with Crippen LogP contribution in [0.25, 0.3) is 5.69 Å². The zero-order valence-electron chi connectivity index (χ0n) is 13.8. The van der Waals surface area contributed by atoms with Gasteiger partial charge in [-0.3, -0.25) is 10.1 Å². The first-order valence-electron chi connectivity index (χ1n) is 8.20. The molecule has 2 heterocycles. The molecular weight excluding hydrogens is 324 g/mol. The van der Waals surface area contributed by atoms with Gasteiger partial charge in [0.2, 0.25) is 11.9 Å². The number of amides is 1. The highest BCUT2D eigenvalue weighted by Crippen LogP contribution is 2.17. The second-order valence-electron chi connectivity index (χ2n) is 5.78. The Balaban J connectivity index is 1.49. The minimum Gasteiger partial charge on any atom is -0.377 e. The van der Waals surface area contributed by atoms with Gasteiger partial charge in [0.1, 0.15) is 5.82 Å². The van der Waals surface area contributed by atoms with Crippen LogP contribution < -0.4 is 5.32 Å². The monoisotopic (exact) mass is 346 g/mol. The van der Waals surface area contributed by atoms with Crippen LogP contribution in [-0.2, 0) is 9.53 Å². The lowest BCUT2D eigenvalue weighted by atomic mass is 10.1. The maximum Gasteiger partial charge on any atom is 0.249 e. The number of carbonyl (C=O) groups excluding carboxylic acids is 1. The van der Waals surface area contributed by atoms with Crippen molar-refractivity contribution in [1.29, 1.82) is 0 Å². The van der Waals surface area contributed by atoms with Gasteiger partial charge in [0, 0.05) is 12.4 Å². The molecule has 128 valence electrons. The highest BCUT2D eigenvalue weighted by atomic mass is 32.2. The standard InChI is InChI=1S/C17H22N4O2S/c1-13-18-17(20-21(13)14-7-3-2-4-8-14)19-16(22)12-24-11-15-9-5-6-10-23-15/h2-4,7-8,15H,5-6,9-12H2,1H3,(H,19,20,22). The molecule has 1 aliphatic heterocycles. The van der Waals surface area contributed by atoms with Gasteiger partial charge >= 0.3 is 0 Å². The molecule has 1 aromatic carbocycles. The Kier molecular flexibility index (Phi) is 5.87. The first-order chi connectivity index (χ1) is 11.7. The van der Waals surface area contributed by atoms with Gasteiger partial charge in [-0.15, -0.1) is 16.9 Å². The van der Waals surface area contributed by atoms with Crippen LogP contribution in [0.2, 0.25) is 0 Å². The molecule has 3 rings (SSSR count). The third kappa shape index (κ3) is 4.58. The lowest BCUT2D eigenvalue weighted by Gasteiger charge is -2.21. The minimum atomic E-state index is -0.0824. The van der Waals surface area contributed by atoms with Crippen LogP contribution in [0.5, 0.6) is 0 Å². The van der Waals surface area contributed by atoms with Crippen LogP contribution in [0.1, 0.15) is 25.1 Å². The molecule has 0 bridgehead atoms. The molecule has 1 amide bonds. The van der Waals surface area contributed by atoms with E-state index >= 15 is 0 Å². The average molecular weight is 346 g/mol. The Morgan fingerprint density at radius 1 is 1.38 bits per heavy atom. The van der Waals surface area contributed by atoms with E-state index in [4.69, 9.17) is 4.74 Å². The minimum absolute atomic E-state index is 0.0824. The number of benzene rings is 1. The van der Waals surface area contributed by atoms with E-state index in [2.05, 4.69) is 15.4 Å². The van der Waals surface area contributed by atoms with E-state index < -0.39 is 0 Å². The van der Waals surface area contributed by atoms with E-state index in [1.54, 1.807) is 16.4 Å². The van der Waals surface area contributed by atoms with Crippen molar-refractivity contribution < 1.29 is 9.53 Å². The number of anilines is 1. The van der Waals surface area contributed by atoms with Gasteiger partial charge in [-0.2, -0.15) is 4.98 Å². The fourth-order valence-corrected chi connectivity index (χ4v) is 3.54. The molecule has 1 N–H and O–H groups in total. The van der Waals surface area contributed by atoms with Crippen LogP contribution >= 0.6 is 11.8 Å². The van der Waals surface area contributed by atoms with E-state index in [0.717, 1.165) is 36.7 Å². The van der Waals surface area contributed by atoms with Gasteiger partial charge < -0.3 is 4.74 Å². The Morgan fingerprint density at radius 3 is 2.96 bits per heavy atom. The van der Waals surface area contributed by atoms with Gasteiger partial charge in [0.25, 0.3) is 0 Å². The first-order valence-corrected chi connectivity index (χ1v) is 9.36. The predicted octanol–water partition coefficient (Wildman–Crippen LogP) is 2.82. The number of aromatic nitrogens is 3. The molecule has 1 unspecified atom stereocenters. The quantitative estimate of drug-likeness (QED) is 0.871. The van der Waals surface area contributed by atoms with Gasteiger partial charge in [-0.25, -0.2) is 4.68 Å². The van der Waals surface area contributed by atoms with Gasteiger partial charge in [0.15, 0.2) is 0 Å². The summed E-state index contributed by atoms with van der Waals surface area (Å²) in [6.07, 6.45) is 3.75. The van der Waals surface area contributed by atoms with Crippen LogP contribution in [0.15, 0.2) is 30.3 Å². The van der Waals surface area contributed by atoms with E-state index in [1.807, 2.05) is 37.3 Å². The molecule has 0 aliphatic carbocycles. The van der Waals surface area contributed by atoms with Crippen molar-refractivity contribution in [1.82, 2.24) is 14.8 Å². The summed E-state index contributed by atoms with van der Waals surface area (Å²) in [7, 11) is 0. The molecule has 1 aromatic heterocycles. The molecule has 7 heteroatoms. The van der Waals surface area contributed by atoms with Gasteiger partial charge in [0.05, 0.1) is 17.5 Å². The fourth-order valence-electron chi connectivity index (χ4n) is 2.64. The van der Waals surface area contributed by atoms with Crippen molar-refractivity contribution in [3.63, 3.8) is 0 Å². The van der Waals surface area contributed by atoms with Crippen molar-refractivity contribution in [2.45, 2.75) is 32.3 Å². The van der Waals surface area contributed by atoms with Crippen molar-refractivity contribution >= 4 is 23.6 Å². The smallest absolute Gasteiger partial charge is 0.249 e. The lowest BCUT2D eigenvalue weighted by molar-refractivity contribution is -0.113. The summed E-state index contributed by atoms with van der Waals surface area (Å²) in [5, 5.41) is 7.12. The molecule has 0 spiro atoms. The van der Waals surface area contributed by atoms with E-state index in [-0.39, 0.29) is 12.0 Å². The fraction of sp³-hybridized carbons (Fsp3) is 0.471. The highest BCUT2D eigenvalue weighted by Gasteiger charge is 2.15. The summed E-state index contributed by atoms with van der Waals surface area (Å²) in [4.78, 5) is 16.4. The maximum absolute atomic E-state index is 12.0. The van der Waals surface area contributed by atoms with Gasteiger partial charge in [-0.1, -0.05) is 18.2 Å². The molecular formula is C17H22N4O2S. The molecule has 2 aromatic rings. The van der Waals surface area contributed by atoms with Gasteiger partial charge in [-0.05, 0) is 38.3 Å². The number of para-hydroxylation sites is 1. The molecule has 24 heavy (non-hydrogen) atoms. The van der Waals surface area contributed by atoms with Crippen molar-refractivity contribution in [2.24, 2.45) is 0 Å². The molecule has 0 saturated carbocycles. The number of aryl methyl sites for hydroxylation is 1. The SMILES string of the molecule is Cc1nc(NC(=O)CSCC2CCCCO2)nn1-c1ccccc1. The summed E-state index contributed by atoms with van der Waals surface area (Å²) in [5.41, 5.74) is 0.923. The van der Waals surface area contributed by atoms with E-state index in [9.17, 15) is 4.79 Å². The number of nitrogens with one attached hydrogen (secondary N) is 1. The van der Waals surface area contributed by atoms with Crippen LogP contribution in [0.3, 0.4) is 0 Å². The van der Waals surface area contributed by atoms with Crippen molar-refractivity contribution in [2.75, 3.05) is 23.4 Å². The second kappa shape index (κ2) is 8.30. The normalized spacial score (nSPS) is 17.6. The van der Waals surface area contributed by atoms with Crippen LogP contribution in [0, 0.1) is 6.92 Å². The Hall–Kier alpha value is -1.86. The summed E-state index contributed by atoms with van der Waals surface area (Å²) in [6, 6.07) is 9.74. The second-order valence-corrected chi connectivity index (χ2v) is 6.81. The largest absolute Gasteiger partial charge is 0.377 e. The summed E-state index contributed by atoms with van der Waals surface area (Å²) in [5.74, 6) is 2.24. The third-order valence-corrected chi connectivity index (χ3v) is 4.91. The van der Waals surface area contributed by atoms with Crippen LogP contribution in [0.4, 0.5) is 5.95 Å². The van der Waals surface area contributed by atoms with E-state index in [0.29, 0.717) is 11.7 Å². The maximum atomic E-state index is 12.0. The highest BCUT2D eigenvalue weighted by molar-refractivity contribution is 8.00. The van der Waals surface area contributed by atoms with Crippen molar-refractivity contribution in [3.8, 4) is 5.69 Å². The van der Waals surface area contributed by atoms with Crippen LogP contribution in [-0.4, -0.2) is 44.9 Å². The topological polar surface area (TPSA) is 69.0 Å². The lowest BCUT2D eigenvalue weighted by Crippen LogP contribution is -2.23. The number of hydrogen-bond donors (Lipinski definition) is 1. The third-order valence-electron chi connectivity index (χ3n) is 3.83. The molecule has 1 fully saturated rings. The van der Waals surface area contributed by atoms with E-state index in [1.165, 1.54) is 6.42 Å². The molecule has 1 aliphatic rings. The first kappa shape index (κ1) is 17.0. The Labute approximate surface area is 146 Å². The number of thioether (sulfide) groups is 1. The molecule has 0 radical (unpaired) electrons. The number of hydrogen-bond acceptors (Lipinski definition) is 5. The number of nitrogens with zero attached hydrogens (tertiary/aromatic N) is 3. The summed E-state index contributed by atoms with van der Waals surface area (Å²) in [6.45, 7) is 2.71. The summed E-state index contributed by atoms with van der Waals surface area (Å²) < 4.78 is 7.39. The Morgan fingerprint density at radius 2 is 2.21 bits per heavy atom. The average Bonchev–Trinajstić information content (AvgIpc) is 2.97. The molecule has 1 saturated heterocycles. The van der Waals surface area contributed by atoms with Crippen molar-refractivity contribution in [3.05, 3.63) is 36.2 Å².